The molecule has 7 heteroatoms. The van der Waals surface area contributed by atoms with Crippen molar-refractivity contribution in [2.75, 3.05) is 7.11 Å². The number of hydrogen-bond acceptors (Lipinski definition) is 5. The lowest BCUT2D eigenvalue weighted by atomic mass is 10.1. The molecule has 0 aromatic heterocycles. The summed E-state index contributed by atoms with van der Waals surface area (Å²) in [6.07, 6.45) is 0. The van der Waals surface area contributed by atoms with E-state index in [0.717, 1.165) is 11.1 Å². The van der Waals surface area contributed by atoms with Crippen molar-refractivity contribution in [2.24, 2.45) is 0 Å². The van der Waals surface area contributed by atoms with Crippen molar-refractivity contribution >= 4 is 27.7 Å². The number of halogens is 1. The Morgan fingerprint density at radius 2 is 1.67 bits per heavy atom. The number of ether oxygens (including phenoxy) is 1. The average molecular weight is 369 g/mol. The van der Waals surface area contributed by atoms with Gasteiger partial charge in [0.1, 0.15) is 10.6 Å². The van der Waals surface area contributed by atoms with E-state index in [1.807, 2.05) is 13.0 Å². The highest BCUT2D eigenvalue weighted by molar-refractivity contribution is 7.87. The molecular weight excluding hydrogens is 352 g/mol. The highest BCUT2D eigenvalue weighted by atomic mass is 35.5. The largest absolute Gasteiger partial charge is 0.465 e. The molecule has 0 atom stereocenters. The van der Waals surface area contributed by atoms with Gasteiger partial charge in [-0.25, -0.2) is 4.79 Å². The number of carbonyl (C=O) groups excluding carboxylic acids is 1. The molecule has 0 bridgehead atoms. The van der Waals surface area contributed by atoms with Crippen LogP contribution in [0, 0.1) is 20.8 Å². The highest BCUT2D eigenvalue weighted by Gasteiger charge is 2.23. The maximum Gasteiger partial charge on any atom is 0.340 e. The van der Waals surface area contributed by atoms with Gasteiger partial charge in [-0.2, -0.15) is 8.42 Å². The molecule has 2 rings (SSSR count). The Labute approximate surface area is 146 Å². The number of hydrogen-bond donors (Lipinski definition) is 0. The van der Waals surface area contributed by atoms with Gasteiger partial charge in [0.25, 0.3) is 0 Å². The molecule has 128 valence electrons. The van der Waals surface area contributed by atoms with Crippen LogP contribution in [0.3, 0.4) is 0 Å². The molecule has 0 fully saturated rings. The predicted molar refractivity (Wildman–Crippen MR) is 91.3 cm³/mol. The Morgan fingerprint density at radius 1 is 1.04 bits per heavy atom. The van der Waals surface area contributed by atoms with Crippen LogP contribution in [0.4, 0.5) is 0 Å². The molecule has 0 saturated heterocycles. The minimum atomic E-state index is -4.14. The fraction of sp³-hybridized carbons (Fsp3) is 0.235. The first kappa shape index (κ1) is 18.3. The summed E-state index contributed by atoms with van der Waals surface area (Å²) < 4.78 is 35.0. The standard InChI is InChI=1S/C17H17ClO5S/c1-10-5-6-11(2)16(12(10)3)23-24(20,21)15-8-7-13(9-14(15)18)17(19)22-4/h5-9H,1-4H3. The van der Waals surface area contributed by atoms with E-state index < -0.39 is 16.1 Å². The molecule has 0 unspecified atom stereocenters. The van der Waals surface area contributed by atoms with Gasteiger partial charge in [0.2, 0.25) is 0 Å². The zero-order valence-electron chi connectivity index (χ0n) is 13.7. The molecule has 0 aliphatic heterocycles. The van der Waals surface area contributed by atoms with Crippen molar-refractivity contribution < 1.29 is 22.1 Å². The molecule has 0 N–H and O–H groups in total. The molecule has 0 aliphatic rings. The van der Waals surface area contributed by atoms with E-state index in [0.29, 0.717) is 5.56 Å². The minimum Gasteiger partial charge on any atom is -0.465 e. The van der Waals surface area contributed by atoms with Gasteiger partial charge in [0, 0.05) is 0 Å². The lowest BCUT2D eigenvalue weighted by molar-refractivity contribution is 0.0600. The van der Waals surface area contributed by atoms with Crippen LogP contribution in [0.15, 0.2) is 35.2 Å². The van der Waals surface area contributed by atoms with Crippen molar-refractivity contribution in [1.82, 2.24) is 0 Å². The second kappa shape index (κ2) is 6.83. The van der Waals surface area contributed by atoms with E-state index in [9.17, 15) is 13.2 Å². The molecule has 0 aliphatic carbocycles. The van der Waals surface area contributed by atoms with E-state index in [1.54, 1.807) is 19.9 Å². The van der Waals surface area contributed by atoms with Gasteiger partial charge in [-0.05, 0) is 55.7 Å². The summed E-state index contributed by atoms with van der Waals surface area (Å²) in [5, 5.41) is -0.110. The van der Waals surface area contributed by atoms with Crippen LogP contribution in [0.2, 0.25) is 5.02 Å². The van der Waals surface area contributed by atoms with Gasteiger partial charge in [0.05, 0.1) is 17.7 Å². The third kappa shape index (κ3) is 3.55. The summed E-state index contributed by atoms with van der Waals surface area (Å²) >= 11 is 6.03. The van der Waals surface area contributed by atoms with Crippen LogP contribution >= 0.6 is 11.6 Å². The lowest BCUT2D eigenvalue weighted by Crippen LogP contribution is -2.13. The van der Waals surface area contributed by atoms with E-state index >= 15 is 0 Å². The molecule has 0 amide bonds. The third-order valence-corrected chi connectivity index (χ3v) is 5.39. The maximum atomic E-state index is 12.6. The van der Waals surface area contributed by atoms with Gasteiger partial charge in [-0.3, -0.25) is 0 Å². The smallest absolute Gasteiger partial charge is 0.340 e. The van der Waals surface area contributed by atoms with Crippen LogP contribution in [0.25, 0.3) is 0 Å². The number of carbonyl (C=O) groups is 1. The van der Waals surface area contributed by atoms with Crippen LogP contribution < -0.4 is 4.18 Å². The summed E-state index contributed by atoms with van der Waals surface area (Å²) in [4.78, 5) is 11.3. The van der Waals surface area contributed by atoms with Crippen LogP contribution in [-0.2, 0) is 14.9 Å². The number of rotatable bonds is 4. The van der Waals surface area contributed by atoms with Crippen molar-refractivity contribution in [3.8, 4) is 5.75 Å². The summed E-state index contributed by atoms with van der Waals surface area (Å²) in [6, 6.07) is 7.46. The molecular formula is C17H17ClO5S. The number of methoxy groups -OCH3 is 1. The van der Waals surface area contributed by atoms with Crippen molar-refractivity contribution in [1.29, 1.82) is 0 Å². The molecule has 0 heterocycles. The van der Waals surface area contributed by atoms with E-state index in [4.69, 9.17) is 15.8 Å². The number of aryl methyl sites for hydroxylation is 2. The van der Waals surface area contributed by atoms with E-state index in [1.165, 1.54) is 25.3 Å². The topological polar surface area (TPSA) is 69.7 Å². The van der Waals surface area contributed by atoms with Crippen LogP contribution in [-0.4, -0.2) is 21.5 Å². The van der Waals surface area contributed by atoms with Gasteiger partial charge < -0.3 is 8.92 Å². The fourth-order valence-electron chi connectivity index (χ4n) is 2.16. The number of benzene rings is 2. The first-order valence-electron chi connectivity index (χ1n) is 7.06. The Balaban J connectivity index is 2.46. The first-order valence-corrected chi connectivity index (χ1v) is 8.85. The summed E-state index contributed by atoms with van der Waals surface area (Å²) in [6.45, 7) is 5.42. The predicted octanol–water partition coefficient (Wildman–Crippen LogP) is 3.82. The zero-order valence-corrected chi connectivity index (χ0v) is 15.3. The normalized spacial score (nSPS) is 11.2. The molecule has 0 radical (unpaired) electrons. The van der Waals surface area contributed by atoms with Gasteiger partial charge in [0.15, 0.2) is 0 Å². The average Bonchev–Trinajstić information content (AvgIpc) is 2.54. The van der Waals surface area contributed by atoms with Gasteiger partial charge >= 0.3 is 16.1 Å². The molecule has 2 aromatic carbocycles. The monoisotopic (exact) mass is 368 g/mol. The van der Waals surface area contributed by atoms with Crippen molar-refractivity contribution in [3.63, 3.8) is 0 Å². The Morgan fingerprint density at radius 3 is 2.25 bits per heavy atom. The maximum absolute atomic E-state index is 12.6. The zero-order chi connectivity index (χ0) is 18.1. The molecule has 2 aromatic rings. The molecule has 0 spiro atoms. The van der Waals surface area contributed by atoms with Crippen molar-refractivity contribution in [2.45, 2.75) is 25.7 Å². The van der Waals surface area contributed by atoms with E-state index in [-0.39, 0.29) is 21.2 Å². The lowest BCUT2D eigenvalue weighted by Gasteiger charge is -2.14. The third-order valence-electron chi connectivity index (χ3n) is 3.69. The fourth-order valence-corrected chi connectivity index (χ4v) is 3.72. The van der Waals surface area contributed by atoms with Crippen molar-refractivity contribution in [3.05, 3.63) is 57.6 Å². The SMILES string of the molecule is COC(=O)c1ccc(S(=O)(=O)Oc2c(C)ccc(C)c2C)c(Cl)c1. The van der Waals surface area contributed by atoms with Gasteiger partial charge in [-0.15, -0.1) is 0 Å². The summed E-state index contributed by atoms with van der Waals surface area (Å²) in [5.74, 6) is -0.324. The van der Waals surface area contributed by atoms with Crippen LogP contribution in [0.5, 0.6) is 5.75 Å². The molecule has 5 nitrogen and oxygen atoms in total. The highest BCUT2D eigenvalue weighted by Crippen LogP contribution is 2.31. The summed E-state index contributed by atoms with van der Waals surface area (Å²) in [7, 11) is -2.91. The molecule has 24 heavy (non-hydrogen) atoms. The minimum absolute atomic E-state index is 0.110. The van der Waals surface area contributed by atoms with Crippen LogP contribution in [0.1, 0.15) is 27.0 Å². The summed E-state index contributed by atoms with van der Waals surface area (Å²) in [5.41, 5.74) is 2.51. The second-order valence-electron chi connectivity index (χ2n) is 5.33. The quantitative estimate of drug-likeness (QED) is 0.606. The molecule has 0 saturated carbocycles. The Kier molecular flexibility index (Phi) is 5.20. The Bertz CT molecular complexity index is 903. The second-order valence-corrected chi connectivity index (χ2v) is 7.25. The first-order chi connectivity index (χ1) is 11.2. The number of esters is 1. The van der Waals surface area contributed by atoms with E-state index in [2.05, 4.69) is 4.74 Å². The Hall–Kier alpha value is -2.05. The van der Waals surface area contributed by atoms with Gasteiger partial charge in [-0.1, -0.05) is 23.7 Å².